The van der Waals surface area contributed by atoms with Gasteiger partial charge >= 0.3 is 11.9 Å². The van der Waals surface area contributed by atoms with Crippen molar-refractivity contribution in [1.82, 2.24) is 0 Å². The van der Waals surface area contributed by atoms with E-state index in [0.29, 0.717) is 49.7 Å². The molecule has 0 saturated heterocycles. The largest absolute Gasteiger partial charge is 0.494 e. The lowest BCUT2D eigenvalue weighted by Crippen LogP contribution is -2.07. The zero-order chi connectivity index (χ0) is 28.0. The van der Waals surface area contributed by atoms with Crippen molar-refractivity contribution in [2.75, 3.05) is 26.4 Å². The van der Waals surface area contributed by atoms with E-state index in [2.05, 4.69) is 6.58 Å². The number of carbonyl (C=O) groups is 3. The summed E-state index contributed by atoms with van der Waals surface area (Å²) in [5, 5.41) is 0. The maximum Gasteiger partial charge on any atom is 0.338 e. The fourth-order valence-electron chi connectivity index (χ4n) is 3.84. The Bertz CT molecular complexity index is 967. The minimum atomic E-state index is -0.416. The van der Waals surface area contributed by atoms with Crippen LogP contribution in [-0.2, 0) is 14.3 Å². The van der Waals surface area contributed by atoms with Gasteiger partial charge in [0, 0.05) is 11.6 Å². The highest BCUT2D eigenvalue weighted by atomic mass is 16.5. The molecular weight excluding hydrogens is 496 g/mol. The fraction of sp³-hybridized carbons (Fsp3) is 0.469. The number of aldehydes is 1. The molecule has 0 fully saturated rings. The van der Waals surface area contributed by atoms with Crippen LogP contribution in [0.15, 0.2) is 61.2 Å². The summed E-state index contributed by atoms with van der Waals surface area (Å²) in [7, 11) is 0. The monoisotopic (exact) mass is 538 g/mol. The molecule has 0 amide bonds. The molecule has 0 atom stereocenters. The topological polar surface area (TPSA) is 88.1 Å². The van der Waals surface area contributed by atoms with Crippen molar-refractivity contribution in [2.24, 2.45) is 0 Å². The van der Waals surface area contributed by atoms with Crippen LogP contribution in [0.2, 0.25) is 0 Å². The lowest BCUT2D eigenvalue weighted by Gasteiger charge is -2.08. The zero-order valence-corrected chi connectivity index (χ0v) is 22.9. The molecule has 0 heterocycles. The maximum atomic E-state index is 12.2. The number of ether oxygens (including phenoxy) is 4. The molecule has 212 valence electrons. The molecule has 0 aliphatic rings. The van der Waals surface area contributed by atoms with E-state index < -0.39 is 5.97 Å². The van der Waals surface area contributed by atoms with Crippen molar-refractivity contribution in [2.45, 2.75) is 70.6 Å². The SMILES string of the molecule is C=CC(=O)OCCCCOc1ccc(C(=O)OCCCCCCCCCCCOc2ccc(C=O)cc2)cc1. The van der Waals surface area contributed by atoms with Crippen molar-refractivity contribution in [3.8, 4) is 11.5 Å². The second kappa shape index (κ2) is 20.4. The zero-order valence-electron chi connectivity index (χ0n) is 22.9. The third-order valence-electron chi connectivity index (χ3n) is 6.12. The highest BCUT2D eigenvalue weighted by molar-refractivity contribution is 5.89. The van der Waals surface area contributed by atoms with E-state index >= 15 is 0 Å². The van der Waals surface area contributed by atoms with Gasteiger partial charge in [0.1, 0.15) is 17.8 Å². The van der Waals surface area contributed by atoms with Gasteiger partial charge < -0.3 is 18.9 Å². The second-order valence-corrected chi connectivity index (χ2v) is 9.30. The fourth-order valence-corrected chi connectivity index (χ4v) is 3.84. The minimum Gasteiger partial charge on any atom is -0.494 e. The Balaban J connectivity index is 1.39. The predicted molar refractivity (Wildman–Crippen MR) is 151 cm³/mol. The van der Waals surface area contributed by atoms with E-state index in [1.54, 1.807) is 36.4 Å². The molecule has 0 unspecified atom stereocenters. The highest BCUT2D eigenvalue weighted by Crippen LogP contribution is 2.15. The molecule has 0 aromatic heterocycles. The summed E-state index contributed by atoms with van der Waals surface area (Å²) in [4.78, 5) is 33.8. The van der Waals surface area contributed by atoms with Crippen molar-refractivity contribution < 1.29 is 33.3 Å². The van der Waals surface area contributed by atoms with Gasteiger partial charge in [-0.1, -0.05) is 51.5 Å². The molecule has 0 N–H and O–H groups in total. The quantitative estimate of drug-likeness (QED) is 0.0682. The summed E-state index contributed by atoms with van der Waals surface area (Å²) in [6.07, 6.45) is 13.6. The molecule has 7 nitrogen and oxygen atoms in total. The molecule has 0 bridgehead atoms. The lowest BCUT2D eigenvalue weighted by molar-refractivity contribution is -0.137. The van der Waals surface area contributed by atoms with Crippen LogP contribution in [0.3, 0.4) is 0 Å². The van der Waals surface area contributed by atoms with Gasteiger partial charge in [-0.25, -0.2) is 9.59 Å². The molecule has 2 aromatic carbocycles. The summed E-state index contributed by atoms with van der Waals surface area (Å²) < 4.78 is 21.7. The van der Waals surface area contributed by atoms with E-state index in [9.17, 15) is 14.4 Å². The number of hydrogen-bond donors (Lipinski definition) is 0. The van der Waals surface area contributed by atoms with Crippen LogP contribution in [0.5, 0.6) is 11.5 Å². The average Bonchev–Trinajstić information content (AvgIpc) is 2.97. The summed E-state index contributed by atoms with van der Waals surface area (Å²) in [6.45, 7) is 5.34. The predicted octanol–water partition coefficient (Wildman–Crippen LogP) is 7.13. The first-order chi connectivity index (χ1) is 19.1. The van der Waals surface area contributed by atoms with Gasteiger partial charge in [-0.2, -0.15) is 0 Å². The van der Waals surface area contributed by atoms with E-state index in [1.807, 2.05) is 12.1 Å². The summed E-state index contributed by atoms with van der Waals surface area (Å²) in [5.74, 6) is 0.766. The molecular formula is C32H42O7. The van der Waals surface area contributed by atoms with E-state index in [-0.39, 0.29) is 5.97 Å². The first kappa shape index (κ1) is 31.6. The van der Waals surface area contributed by atoms with Crippen LogP contribution in [-0.4, -0.2) is 44.7 Å². The molecule has 0 aliphatic heterocycles. The Morgan fingerprint density at radius 1 is 0.590 bits per heavy atom. The van der Waals surface area contributed by atoms with Crippen LogP contribution >= 0.6 is 0 Å². The van der Waals surface area contributed by atoms with Gasteiger partial charge in [-0.05, 0) is 74.2 Å². The first-order valence-corrected chi connectivity index (χ1v) is 14.0. The molecule has 2 aromatic rings. The molecule has 0 saturated carbocycles. The Morgan fingerprint density at radius 2 is 1.03 bits per heavy atom. The van der Waals surface area contributed by atoms with Crippen LogP contribution in [0.25, 0.3) is 0 Å². The molecule has 2 rings (SSSR count). The van der Waals surface area contributed by atoms with Gasteiger partial charge in [0.25, 0.3) is 0 Å². The van der Waals surface area contributed by atoms with Crippen molar-refractivity contribution in [3.05, 3.63) is 72.3 Å². The molecule has 39 heavy (non-hydrogen) atoms. The highest BCUT2D eigenvalue weighted by Gasteiger charge is 2.07. The normalized spacial score (nSPS) is 10.5. The third-order valence-corrected chi connectivity index (χ3v) is 6.12. The summed E-state index contributed by atoms with van der Waals surface area (Å²) in [5.41, 5.74) is 1.17. The van der Waals surface area contributed by atoms with Gasteiger partial charge in [0.2, 0.25) is 0 Å². The minimum absolute atomic E-state index is 0.312. The Hall–Kier alpha value is -3.61. The van der Waals surface area contributed by atoms with Crippen molar-refractivity contribution in [3.63, 3.8) is 0 Å². The number of carbonyl (C=O) groups excluding carboxylic acids is 3. The van der Waals surface area contributed by atoms with Crippen molar-refractivity contribution >= 4 is 18.2 Å². The van der Waals surface area contributed by atoms with Crippen LogP contribution < -0.4 is 9.47 Å². The Labute approximate surface area is 232 Å². The molecule has 0 radical (unpaired) electrons. The number of unbranched alkanes of at least 4 members (excludes halogenated alkanes) is 9. The number of rotatable bonds is 22. The molecule has 0 aliphatic carbocycles. The van der Waals surface area contributed by atoms with E-state index in [4.69, 9.17) is 18.9 Å². The standard InChI is InChI=1S/C32H42O7/c1-2-31(34)38-24-13-12-23-37-30-20-16-28(17-21-30)32(35)39-25-11-9-7-5-3-4-6-8-10-22-36-29-18-14-27(26-33)15-19-29/h2,14-21,26H,1,3-13,22-25H2. The number of benzene rings is 2. The lowest BCUT2D eigenvalue weighted by atomic mass is 10.1. The van der Waals surface area contributed by atoms with Crippen LogP contribution in [0, 0.1) is 0 Å². The van der Waals surface area contributed by atoms with Gasteiger partial charge in [-0.3, -0.25) is 4.79 Å². The average molecular weight is 539 g/mol. The first-order valence-electron chi connectivity index (χ1n) is 14.0. The van der Waals surface area contributed by atoms with Crippen molar-refractivity contribution in [1.29, 1.82) is 0 Å². The maximum absolute atomic E-state index is 12.2. The number of esters is 2. The van der Waals surface area contributed by atoms with Gasteiger partial charge in [-0.15, -0.1) is 0 Å². The van der Waals surface area contributed by atoms with E-state index in [1.165, 1.54) is 25.7 Å². The summed E-state index contributed by atoms with van der Waals surface area (Å²) in [6, 6.07) is 14.1. The third kappa shape index (κ3) is 14.8. The summed E-state index contributed by atoms with van der Waals surface area (Å²) >= 11 is 0. The second-order valence-electron chi connectivity index (χ2n) is 9.30. The molecule has 7 heteroatoms. The smallest absolute Gasteiger partial charge is 0.338 e. The Kier molecular flexibility index (Phi) is 16.5. The molecule has 0 spiro atoms. The number of hydrogen-bond acceptors (Lipinski definition) is 7. The van der Waals surface area contributed by atoms with Crippen LogP contribution in [0.4, 0.5) is 0 Å². The van der Waals surface area contributed by atoms with Crippen LogP contribution in [0.1, 0.15) is 91.3 Å². The van der Waals surface area contributed by atoms with Gasteiger partial charge in [0.05, 0.1) is 32.0 Å². The van der Waals surface area contributed by atoms with E-state index in [0.717, 1.165) is 56.6 Å². The Morgan fingerprint density at radius 3 is 1.56 bits per heavy atom. The van der Waals surface area contributed by atoms with Gasteiger partial charge in [0.15, 0.2) is 0 Å².